The van der Waals surface area contributed by atoms with E-state index in [1.807, 2.05) is 36.7 Å². The first-order valence-electron chi connectivity index (χ1n) is 11.5. The molecular formula is C26H31FN4. The first-order valence-corrected chi connectivity index (χ1v) is 11.5. The standard InChI is InChI=1S/C26H31FN4/c1-19(18-30-13-2-14-30)31-15-9-21(10-16-31)25-17-24(20-7-11-28-12-8-20)26(29-25)22-3-5-23(27)6-4-22/h3-8,11-12,17,19,21,29H,2,9-10,13-16,18H2,1H3. The van der Waals surface area contributed by atoms with Gasteiger partial charge in [-0.3, -0.25) is 9.88 Å². The smallest absolute Gasteiger partial charge is 0.123 e. The molecule has 0 amide bonds. The van der Waals surface area contributed by atoms with Crippen LogP contribution in [0.3, 0.4) is 0 Å². The highest BCUT2D eigenvalue weighted by atomic mass is 19.1. The lowest BCUT2D eigenvalue weighted by Crippen LogP contribution is -2.49. The fourth-order valence-electron chi connectivity index (χ4n) is 5.00. The van der Waals surface area contributed by atoms with Crippen molar-refractivity contribution < 1.29 is 4.39 Å². The lowest BCUT2D eigenvalue weighted by Gasteiger charge is -2.40. The van der Waals surface area contributed by atoms with Crippen LogP contribution in [0.15, 0.2) is 54.9 Å². The summed E-state index contributed by atoms with van der Waals surface area (Å²) in [5.74, 6) is 0.322. The van der Waals surface area contributed by atoms with Crippen molar-refractivity contribution in [3.63, 3.8) is 0 Å². The molecule has 2 saturated heterocycles. The number of hydrogen-bond acceptors (Lipinski definition) is 3. The molecule has 3 aromatic rings. The Balaban J connectivity index is 1.35. The molecule has 0 saturated carbocycles. The van der Waals surface area contributed by atoms with Gasteiger partial charge in [0.1, 0.15) is 5.82 Å². The fraction of sp³-hybridized carbons (Fsp3) is 0.423. The van der Waals surface area contributed by atoms with Crippen molar-refractivity contribution in [3.8, 4) is 22.4 Å². The highest BCUT2D eigenvalue weighted by Gasteiger charge is 2.27. The number of rotatable bonds is 6. The van der Waals surface area contributed by atoms with Gasteiger partial charge in [0.05, 0.1) is 5.69 Å². The van der Waals surface area contributed by atoms with E-state index in [0.717, 1.165) is 35.5 Å². The minimum atomic E-state index is -0.208. The SMILES string of the molecule is CC(CN1CCC1)N1CCC(c2cc(-c3ccncc3)c(-c3ccc(F)cc3)[nH]2)CC1. The minimum absolute atomic E-state index is 0.208. The monoisotopic (exact) mass is 418 g/mol. The molecule has 0 radical (unpaired) electrons. The van der Waals surface area contributed by atoms with Gasteiger partial charge in [-0.2, -0.15) is 0 Å². The lowest BCUT2D eigenvalue weighted by atomic mass is 9.92. The zero-order chi connectivity index (χ0) is 21.2. The quantitative estimate of drug-likeness (QED) is 0.601. The maximum Gasteiger partial charge on any atom is 0.123 e. The number of aromatic nitrogens is 2. The van der Waals surface area contributed by atoms with Crippen LogP contribution >= 0.6 is 0 Å². The second-order valence-corrected chi connectivity index (χ2v) is 9.07. The van der Waals surface area contributed by atoms with Gasteiger partial charge in [0, 0.05) is 42.2 Å². The van der Waals surface area contributed by atoms with E-state index in [9.17, 15) is 4.39 Å². The zero-order valence-corrected chi connectivity index (χ0v) is 18.2. The molecule has 162 valence electrons. The molecule has 2 aliphatic heterocycles. The van der Waals surface area contributed by atoms with Gasteiger partial charge in [-0.15, -0.1) is 0 Å². The molecule has 4 nitrogen and oxygen atoms in total. The van der Waals surface area contributed by atoms with E-state index in [2.05, 4.69) is 32.8 Å². The van der Waals surface area contributed by atoms with Crippen LogP contribution in [-0.2, 0) is 0 Å². The molecule has 5 rings (SSSR count). The van der Waals surface area contributed by atoms with Gasteiger partial charge < -0.3 is 9.88 Å². The predicted molar refractivity (Wildman–Crippen MR) is 123 cm³/mol. The molecule has 5 heteroatoms. The number of aromatic amines is 1. The van der Waals surface area contributed by atoms with Crippen LogP contribution in [0, 0.1) is 5.82 Å². The van der Waals surface area contributed by atoms with Crippen molar-refractivity contribution in [2.24, 2.45) is 0 Å². The molecule has 1 unspecified atom stereocenters. The molecule has 0 bridgehead atoms. The van der Waals surface area contributed by atoms with E-state index in [1.54, 1.807) is 0 Å². The molecule has 0 aliphatic carbocycles. The highest BCUT2D eigenvalue weighted by Crippen LogP contribution is 2.37. The molecule has 1 N–H and O–H groups in total. The Bertz CT molecular complexity index is 986. The van der Waals surface area contributed by atoms with E-state index in [0.29, 0.717) is 12.0 Å². The molecule has 2 aliphatic rings. The highest BCUT2D eigenvalue weighted by molar-refractivity contribution is 5.82. The first kappa shape index (κ1) is 20.4. The predicted octanol–water partition coefficient (Wildman–Crippen LogP) is 5.16. The van der Waals surface area contributed by atoms with Crippen LogP contribution in [0.2, 0.25) is 0 Å². The Morgan fingerprint density at radius 2 is 1.71 bits per heavy atom. The summed E-state index contributed by atoms with van der Waals surface area (Å²) in [5.41, 5.74) is 5.67. The summed E-state index contributed by atoms with van der Waals surface area (Å²) in [5, 5.41) is 0. The maximum atomic E-state index is 13.5. The summed E-state index contributed by atoms with van der Waals surface area (Å²) in [7, 11) is 0. The molecule has 0 spiro atoms. The topological polar surface area (TPSA) is 35.2 Å². The Kier molecular flexibility index (Phi) is 5.88. The van der Waals surface area contributed by atoms with Gasteiger partial charge in [0.2, 0.25) is 0 Å². The minimum Gasteiger partial charge on any atom is -0.358 e. The van der Waals surface area contributed by atoms with Crippen LogP contribution in [0.4, 0.5) is 4.39 Å². The molecule has 31 heavy (non-hydrogen) atoms. The van der Waals surface area contributed by atoms with E-state index in [4.69, 9.17) is 0 Å². The summed E-state index contributed by atoms with van der Waals surface area (Å²) in [6, 6.07) is 13.8. The summed E-state index contributed by atoms with van der Waals surface area (Å²) >= 11 is 0. The van der Waals surface area contributed by atoms with E-state index >= 15 is 0 Å². The third-order valence-electron chi connectivity index (χ3n) is 7.03. The van der Waals surface area contributed by atoms with Gasteiger partial charge in [-0.25, -0.2) is 4.39 Å². The molecule has 1 aromatic carbocycles. The summed E-state index contributed by atoms with van der Waals surface area (Å²) in [4.78, 5) is 13.1. The normalized spacial score (nSPS) is 19.3. The first-order chi connectivity index (χ1) is 15.2. The Labute approximate surface area is 184 Å². The second kappa shape index (κ2) is 8.93. The van der Waals surface area contributed by atoms with Gasteiger partial charge in [-0.05, 0) is 106 Å². The Morgan fingerprint density at radius 3 is 2.35 bits per heavy atom. The average Bonchev–Trinajstić information content (AvgIpc) is 3.23. The molecular weight excluding hydrogens is 387 g/mol. The van der Waals surface area contributed by atoms with Crippen LogP contribution in [0.25, 0.3) is 22.4 Å². The van der Waals surface area contributed by atoms with Gasteiger partial charge in [-0.1, -0.05) is 0 Å². The van der Waals surface area contributed by atoms with Crippen LogP contribution in [0.5, 0.6) is 0 Å². The number of likely N-dealkylation sites (tertiary alicyclic amines) is 2. The number of nitrogens with zero attached hydrogens (tertiary/aromatic N) is 3. The van der Waals surface area contributed by atoms with Gasteiger partial charge in [0.15, 0.2) is 0 Å². The van der Waals surface area contributed by atoms with Crippen molar-refractivity contribution in [1.82, 2.24) is 19.8 Å². The van der Waals surface area contributed by atoms with E-state index in [-0.39, 0.29) is 5.82 Å². The average molecular weight is 419 g/mol. The zero-order valence-electron chi connectivity index (χ0n) is 18.2. The van der Waals surface area contributed by atoms with E-state index in [1.165, 1.54) is 56.7 Å². The number of pyridine rings is 1. The van der Waals surface area contributed by atoms with Crippen LogP contribution in [-0.4, -0.2) is 58.5 Å². The fourth-order valence-corrected chi connectivity index (χ4v) is 5.00. The van der Waals surface area contributed by atoms with Gasteiger partial charge >= 0.3 is 0 Å². The largest absolute Gasteiger partial charge is 0.358 e. The number of piperidine rings is 1. The van der Waals surface area contributed by atoms with Gasteiger partial charge in [0.25, 0.3) is 0 Å². The summed E-state index contributed by atoms with van der Waals surface area (Å²) in [6.07, 6.45) is 7.35. The number of hydrogen-bond donors (Lipinski definition) is 1. The van der Waals surface area contributed by atoms with Crippen molar-refractivity contribution in [2.45, 2.75) is 38.1 Å². The Hall–Kier alpha value is -2.50. The molecule has 4 heterocycles. The number of benzene rings is 1. The maximum absolute atomic E-state index is 13.5. The lowest BCUT2D eigenvalue weighted by molar-refractivity contribution is 0.0920. The van der Waals surface area contributed by atoms with Crippen LogP contribution < -0.4 is 0 Å². The molecule has 2 aromatic heterocycles. The van der Waals surface area contributed by atoms with Crippen molar-refractivity contribution in [3.05, 3.63) is 66.4 Å². The number of nitrogens with one attached hydrogen (secondary N) is 1. The molecule has 1 atom stereocenters. The number of H-pyrrole nitrogens is 1. The van der Waals surface area contributed by atoms with E-state index < -0.39 is 0 Å². The third-order valence-corrected chi connectivity index (χ3v) is 7.03. The van der Waals surface area contributed by atoms with Crippen molar-refractivity contribution in [1.29, 1.82) is 0 Å². The van der Waals surface area contributed by atoms with Crippen LogP contribution in [0.1, 0.15) is 37.8 Å². The third kappa shape index (κ3) is 4.43. The number of halogens is 1. The Morgan fingerprint density at radius 1 is 1.00 bits per heavy atom. The second-order valence-electron chi connectivity index (χ2n) is 9.07. The van der Waals surface area contributed by atoms with Crippen molar-refractivity contribution >= 4 is 0 Å². The summed E-state index contributed by atoms with van der Waals surface area (Å²) < 4.78 is 13.5. The van der Waals surface area contributed by atoms with Crippen molar-refractivity contribution in [2.75, 3.05) is 32.7 Å². The molecule has 2 fully saturated rings. The summed E-state index contributed by atoms with van der Waals surface area (Å²) in [6.45, 7) is 8.42.